The quantitative estimate of drug-likeness (QED) is 0.486. The summed E-state index contributed by atoms with van der Waals surface area (Å²) in [6.45, 7) is 5.30. The summed E-state index contributed by atoms with van der Waals surface area (Å²) < 4.78 is 7.18. The molecule has 4 rings (SSSR count). The van der Waals surface area contributed by atoms with Crippen LogP contribution < -0.4 is 10.9 Å². The minimum Gasteiger partial charge on any atom is -0.376 e. The number of fused-ring (bicyclic) bond motifs is 1. The van der Waals surface area contributed by atoms with Crippen molar-refractivity contribution < 1.29 is 9.53 Å². The van der Waals surface area contributed by atoms with Gasteiger partial charge in [-0.25, -0.2) is 4.98 Å². The van der Waals surface area contributed by atoms with Crippen LogP contribution in [-0.4, -0.2) is 40.5 Å². The number of benzene rings is 2. The second kappa shape index (κ2) is 9.02. The summed E-state index contributed by atoms with van der Waals surface area (Å²) in [4.78, 5) is 30.5. The van der Waals surface area contributed by atoms with E-state index in [9.17, 15) is 9.59 Å². The number of para-hydroxylation sites is 1. The molecule has 0 unspecified atom stereocenters. The Morgan fingerprint density at radius 1 is 1.23 bits per heavy atom. The lowest BCUT2D eigenvalue weighted by Gasteiger charge is -2.16. The van der Waals surface area contributed by atoms with Crippen molar-refractivity contribution in [2.24, 2.45) is 0 Å². The van der Waals surface area contributed by atoms with Crippen LogP contribution in [0.25, 0.3) is 16.6 Å². The molecular formula is C23H25N3O3S. The Hall–Kier alpha value is -2.64. The van der Waals surface area contributed by atoms with Gasteiger partial charge >= 0.3 is 0 Å². The summed E-state index contributed by atoms with van der Waals surface area (Å²) >= 11 is 1.28. The maximum atomic E-state index is 13.4. The van der Waals surface area contributed by atoms with Gasteiger partial charge in [0.05, 0.1) is 28.4 Å². The lowest BCUT2D eigenvalue weighted by atomic mass is 10.1. The Bertz CT molecular complexity index is 1140. The highest BCUT2D eigenvalue weighted by atomic mass is 32.2. The van der Waals surface area contributed by atoms with Gasteiger partial charge in [-0.15, -0.1) is 0 Å². The van der Waals surface area contributed by atoms with E-state index in [0.717, 1.165) is 36.3 Å². The molecule has 2 heterocycles. The first kappa shape index (κ1) is 20.6. The molecule has 1 aliphatic heterocycles. The highest BCUT2D eigenvalue weighted by molar-refractivity contribution is 7.99. The molecule has 1 N–H and O–H groups in total. The van der Waals surface area contributed by atoms with Gasteiger partial charge < -0.3 is 10.1 Å². The second-order valence-corrected chi connectivity index (χ2v) is 8.44. The number of thioether (sulfide) groups is 1. The van der Waals surface area contributed by atoms with Gasteiger partial charge in [0.1, 0.15) is 0 Å². The Balaban J connectivity index is 1.65. The zero-order valence-corrected chi connectivity index (χ0v) is 18.0. The van der Waals surface area contributed by atoms with Crippen molar-refractivity contribution in [1.82, 2.24) is 14.9 Å². The fourth-order valence-corrected chi connectivity index (χ4v) is 4.45. The molecular weight excluding hydrogens is 398 g/mol. The molecule has 0 saturated carbocycles. The van der Waals surface area contributed by atoms with E-state index in [2.05, 4.69) is 5.32 Å². The van der Waals surface area contributed by atoms with Crippen LogP contribution in [0.3, 0.4) is 0 Å². The summed E-state index contributed by atoms with van der Waals surface area (Å²) in [6, 6.07) is 13.2. The highest BCUT2D eigenvalue weighted by Gasteiger charge is 2.18. The lowest BCUT2D eigenvalue weighted by Crippen LogP contribution is -2.33. The molecule has 0 radical (unpaired) electrons. The Kier molecular flexibility index (Phi) is 6.20. The van der Waals surface area contributed by atoms with E-state index in [-0.39, 0.29) is 23.3 Å². The van der Waals surface area contributed by atoms with E-state index in [1.807, 2.05) is 50.2 Å². The van der Waals surface area contributed by atoms with Gasteiger partial charge in [-0.1, -0.05) is 36.0 Å². The van der Waals surface area contributed by atoms with Crippen molar-refractivity contribution >= 4 is 28.6 Å². The number of amides is 1. The number of ether oxygens (including phenoxy) is 1. The molecule has 156 valence electrons. The largest absolute Gasteiger partial charge is 0.376 e. The molecule has 0 spiro atoms. The molecule has 6 nitrogen and oxygen atoms in total. The van der Waals surface area contributed by atoms with Crippen molar-refractivity contribution in [2.45, 2.75) is 37.9 Å². The number of aryl methyl sites for hydroxylation is 1. The Morgan fingerprint density at radius 2 is 2.07 bits per heavy atom. The van der Waals surface area contributed by atoms with Crippen LogP contribution >= 0.6 is 11.8 Å². The van der Waals surface area contributed by atoms with Crippen LogP contribution in [0.2, 0.25) is 0 Å². The predicted octanol–water partition coefficient (Wildman–Crippen LogP) is 3.39. The fourth-order valence-electron chi connectivity index (χ4n) is 3.61. The van der Waals surface area contributed by atoms with Crippen molar-refractivity contribution in [3.05, 3.63) is 63.9 Å². The first-order valence-corrected chi connectivity index (χ1v) is 11.1. The van der Waals surface area contributed by atoms with Crippen molar-refractivity contribution in [3.63, 3.8) is 0 Å². The molecule has 30 heavy (non-hydrogen) atoms. The van der Waals surface area contributed by atoms with Gasteiger partial charge in [-0.3, -0.25) is 14.2 Å². The van der Waals surface area contributed by atoms with Gasteiger partial charge in [0.2, 0.25) is 5.91 Å². The number of nitrogens with zero attached hydrogens (tertiary/aromatic N) is 2. The zero-order valence-electron chi connectivity index (χ0n) is 17.2. The third-order valence-corrected chi connectivity index (χ3v) is 6.38. The van der Waals surface area contributed by atoms with Gasteiger partial charge in [-0.2, -0.15) is 0 Å². The van der Waals surface area contributed by atoms with Crippen LogP contribution in [0.15, 0.2) is 52.4 Å². The maximum Gasteiger partial charge on any atom is 0.266 e. The Morgan fingerprint density at radius 3 is 2.87 bits per heavy atom. The smallest absolute Gasteiger partial charge is 0.266 e. The van der Waals surface area contributed by atoms with E-state index in [1.165, 1.54) is 11.8 Å². The van der Waals surface area contributed by atoms with Crippen molar-refractivity contribution in [2.75, 3.05) is 18.9 Å². The summed E-state index contributed by atoms with van der Waals surface area (Å²) in [5.74, 6) is 0.0907. The van der Waals surface area contributed by atoms with Crippen LogP contribution in [0.1, 0.15) is 24.0 Å². The van der Waals surface area contributed by atoms with E-state index in [4.69, 9.17) is 9.72 Å². The molecule has 3 aromatic rings. The molecule has 1 aromatic heterocycles. The minimum absolute atomic E-state index is 0.0922. The van der Waals surface area contributed by atoms with Gasteiger partial charge in [0.25, 0.3) is 5.56 Å². The molecule has 1 aliphatic rings. The summed E-state index contributed by atoms with van der Waals surface area (Å²) in [5, 5.41) is 4.00. The van der Waals surface area contributed by atoms with Crippen LogP contribution in [0, 0.1) is 13.8 Å². The molecule has 1 amide bonds. The number of carbonyl (C=O) groups is 1. The summed E-state index contributed by atoms with van der Waals surface area (Å²) in [6.07, 6.45) is 2.12. The molecule has 1 saturated heterocycles. The molecule has 7 heteroatoms. The standard InChI is InChI=1S/C23H25N3O3S/c1-15-7-5-11-20(16(15)2)26-22(28)18-9-3-4-10-19(18)25-23(26)30-14-21(27)24-13-17-8-6-12-29-17/h3-5,7,9-11,17H,6,8,12-14H2,1-2H3,(H,24,27)/t17-/m1/s1. The fraction of sp³-hybridized carbons (Fsp3) is 0.348. The third-order valence-electron chi connectivity index (χ3n) is 5.45. The van der Waals surface area contributed by atoms with Crippen molar-refractivity contribution in [1.29, 1.82) is 0 Å². The molecule has 1 atom stereocenters. The molecule has 0 aliphatic carbocycles. The van der Waals surface area contributed by atoms with E-state index < -0.39 is 0 Å². The van der Waals surface area contributed by atoms with E-state index in [1.54, 1.807) is 10.6 Å². The SMILES string of the molecule is Cc1cccc(-n2c(SCC(=O)NC[C@H]3CCCO3)nc3ccccc3c2=O)c1C. The number of hydrogen-bond donors (Lipinski definition) is 1. The average molecular weight is 424 g/mol. The second-order valence-electron chi connectivity index (χ2n) is 7.50. The normalized spacial score (nSPS) is 16.1. The number of aromatic nitrogens is 2. The van der Waals surface area contributed by atoms with Crippen LogP contribution in [-0.2, 0) is 9.53 Å². The lowest BCUT2D eigenvalue weighted by molar-refractivity contribution is -0.119. The minimum atomic E-state index is -0.128. The van der Waals surface area contributed by atoms with Gasteiger partial charge in [0.15, 0.2) is 5.16 Å². The predicted molar refractivity (Wildman–Crippen MR) is 120 cm³/mol. The highest BCUT2D eigenvalue weighted by Crippen LogP contribution is 2.24. The monoisotopic (exact) mass is 423 g/mol. The van der Waals surface area contributed by atoms with Crippen LogP contribution in [0.5, 0.6) is 0 Å². The Labute approximate surface area is 179 Å². The van der Waals surface area contributed by atoms with Gasteiger partial charge in [0, 0.05) is 13.2 Å². The van der Waals surface area contributed by atoms with E-state index in [0.29, 0.717) is 22.6 Å². The summed E-state index contributed by atoms with van der Waals surface area (Å²) in [5.41, 5.74) is 3.41. The van der Waals surface area contributed by atoms with E-state index >= 15 is 0 Å². The number of carbonyl (C=O) groups excluding carboxylic acids is 1. The number of hydrogen-bond acceptors (Lipinski definition) is 5. The van der Waals surface area contributed by atoms with Crippen LogP contribution in [0.4, 0.5) is 0 Å². The van der Waals surface area contributed by atoms with Gasteiger partial charge in [-0.05, 0) is 56.0 Å². The topological polar surface area (TPSA) is 73.2 Å². The third kappa shape index (κ3) is 4.27. The average Bonchev–Trinajstić information content (AvgIpc) is 3.27. The molecule has 1 fully saturated rings. The summed E-state index contributed by atoms with van der Waals surface area (Å²) in [7, 11) is 0. The first-order chi connectivity index (χ1) is 14.5. The number of rotatable bonds is 6. The zero-order chi connectivity index (χ0) is 21.1. The first-order valence-electron chi connectivity index (χ1n) is 10.1. The maximum absolute atomic E-state index is 13.4. The number of nitrogens with one attached hydrogen (secondary N) is 1. The molecule has 2 aromatic carbocycles. The van der Waals surface area contributed by atoms with Crippen molar-refractivity contribution in [3.8, 4) is 5.69 Å². The molecule has 0 bridgehead atoms.